The van der Waals surface area contributed by atoms with E-state index in [1.54, 1.807) is 0 Å². The van der Waals surface area contributed by atoms with Crippen LogP contribution in [0.15, 0.2) is 18.3 Å². The van der Waals surface area contributed by atoms with E-state index in [2.05, 4.69) is 15.0 Å². The molecular weight excluding hydrogens is 337 g/mol. The second-order valence-electron chi connectivity index (χ2n) is 4.93. The van der Waals surface area contributed by atoms with Gasteiger partial charge in [-0.2, -0.15) is 24.9 Å². The third kappa shape index (κ3) is 4.50. The number of thioether (sulfide) groups is 1. The van der Waals surface area contributed by atoms with Crippen molar-refractivity contribution in [2.24, 2.45) is 0 Å². The summed E-state index contributed by atoms with van der Waals surface area (Å²) in [6, 6.07) is 2.31. The topological polar surface area (TPSA) is 88.5 Å². The first-order chi connectivity index (χ1) is 10.7. The fraction of sp³-hybridized carbons (Fsp3) is 0.462. The average Bonchev–Trinajstić information content (AvgIpc) is 2.94. The summed E-state index contributed by atoms with van der Waals surface area (Å²) in [7, 11) is 0. The minimum Gasteiger partial charge on any atom is -0.479 e. The number of rotatable bonds is 5. The van der Waals surface area contributed by atoms with Gasteiger partial charge >= 0.3 is 12.1 Å². The number of carboxylic acid groups (broad SMARTS) is 1. The third-order valence-corrected chi connectivity index (χ3v) is 4.35. The number of hydrogen-bond donors (Lipinski definition) is 2. The number of carbonyl (C=O) groups excluding carboxylic acids is 1. The Morgan fingerprint density at radius 2 is 2.22 bits per heavy atom. The highest BCUT2D eigenvalue weighted by atomic mass is 32.2. The van der Waals surface area contributed by atoms with Crippen LogP contribution in [0.5, 0.6) is 5.88 Å². The number of hydrogen-bond acceptors (Lipinski definition) is 5. The van der Waals surface area contributed by atoms with E-state index in [0.29, 0.717) is 5.75 Å². The Hall–Kier alpha value is -1.97. The molecule has 0 aliphatic carbocycles. The maximum absolute atomic E-state index is 12.2. The van der Waals surface area contributed by atoms with Crippen molar-refractivity contribution in [1.82, 2.24) is 10.3 Å². The van der Waals surface area contributed by atoms with Crippen LogP contribution in [0.4, 0.5) is 13.2 Å². The summed E-state index contributed by atoms with van der Waals surface area (Å²) in [4.78, 5) is 27.1. The van der Waals surface area contributed by atoms with E-state index in [1.807, 2.05) is 0 Å². The lowest BCUT2D eigenvalue weighted by molar-refractivity contribution is -0.154. The van der Waals surface area contributed by atoms with Crippen LogP contribution in [0.1, 0.15) is 16.8 Å². The van der Waals surface area contributed by atoms with E-state index in [0.717, 1.165) is 12.3 Å². The van der Waals surface area contributed by atoms with Crippen LogP contribution in [-0.2, 0) is 4.79 Å². The first kappa shape index (κ1) is 17.4. The molecule has 1 amide bonds. The fourth-order valence-corrected chi connectivity index (χ4v) is 3.29. The third-order valence-electron chi connectivity index (χ3n) is 3.16. The molecule has 2 rings (SSSR count). The zero-order chi connectivity index (χ0) is 17.1. The summed E-state index contributed by atoms with van der Waals surface area (Å²) < 4.78 is 40.8. The molecule has 1 saturated heterocycles. The molecule has 0 spiro atoms. The highest BCUT2D eigenvalue weighted by Gasteiger charge is 2.43. The highest BCUT2D eigenvalue weighted by Crippen LogP contribution is 2.28. The van der Waals surface area contributed by atoms with Crippen LogP contribution in [-0.4, -0.2) is 51.8 Å². The summed E-state index contributed by atoms with van der Waals surface area (Å²) >= 11 is 1.40. The number of aliphatic carboxylic acids is 1. The van der Waals surface area contributed by atoms with E-state index < -0.39 is 30.2 Å². The number of halogens is 3. The molecular formula is C13H13F3N2O4S. The minimum atomic E-state index is -4.52. The zero-order valence-corrected chi connectivity index (χ0v) is 12.5. The van der Waals surface area contributed by atoms with Crippen LogP contribution in [0.3, 0.4) is 0 Å². The molecule has 2 N–H and O–H groups in total. The lowest BCUT2D eigenvalue weighted by Gasteiger charge is -2.24. The average molecular weight is 350 g/mol. The summed E-state index contributed by atoms with van der Waals surface area (Å²) in [6.45, 7) is -1.53. The van der Waals surface area contributed by atoms with Gasteiger partial charge in [0.1, 0.15) is 5.54 Å². The number of amides is 1. The van der Waals surface area contributed by atoms with E-state index in [4.69, 9.17) is 0 Å². The molecule has 1 aromatic heterocycles. The monoisotopic (exact) mass is 350 g/mol. The molecule has 0 aromatic carbocycles. The van der Waals surface area contributed by atoms with Crippen molar-refractivity contribution in [3.8, 4) is 5.88 Å². The van der Waals surface area contributed by atoms with Crippen molar-refractivity contribution in [2.75, 3.05) is 18.1 Å². The molecule has 10 heteroatoms. The SMILES string of the molecule is O=C(NC1(C(=O)O)CCSC1)c1ccnc(OCC(F)(F)F)c1. The van der Waals surface area contributed by atoms with Gasteiger partial charge < -0.3 is 15.2 Å². The van der Waals surface area contributed by atoms with Gasteiger partial charge in [-0.15, -0.1) is 0 Å². The number of pyridine rings is 1. The standard InChI is InChI=1S/C13H13F3N2O4S/c14-13(15,16)6-22-9-5-8(1-3-17-9)10(19)18-12(11(20)21)2-4-23-7-12/h1,3,5H,2,4,6-7H2,(H,18,19)(H,20,21). The Balaban J connectivity index is 2.09. The second-order valence-corrected chi connectivity index (χ2v) is 6.04. The number of nitrogens with zero attached hydrogens (tertiary/aromatic N) is 1. The maximum atomic E-state index is 12.2. The molecule has 0 bridgehead atoms. The van der Waals surface area contributed by atoms with Crippen molar-refractivity contribution in [3.63, 3.8) is 0 Å². The summed E-state index contributed by atoms with van der Waals surface area (Å²) in [6.07, 6.45) is -3.12. The van der Waals surface area contributed by atoms with Gasteiger partial charge in [0.2, 0.25) is 5.88 Å². The van der Waals surface area contributed by atoms with Crippen molar-refractivity contribution in [3.05, 3.63) is 23.9 Å². The molecule has 1 unspecified atom stereocenters. The Labute approximate surface area is 133 Å². The summed E-state index contributed by atoms with van der Waals surface area (Å²) in [5.41, 5.74) is -1.38. The number of carboxylic acids is 1. The number of ether oxygens (including phenoxy) is 1. The largest absolute Gasteiger partial charge is 0.479 e. The molecule has 1 aliphatic rings. The normalized spacial score (nSPS) is 21.0. The van der Waals surface area contributed by atoms with Crippen molar-refractivity contribution < 1.29 is 32.6 Å². The van der Waals surface area contributed by atoms with E-state index in [1.165, 1.54) is 17.8 Å². The molecule has 23 heavy (non-hydrogen) atoms. The van der Waals surface area contributed by atoms with Gasteiger partial charge in [-0.3, -0.25) is 4.79 Å². The Kier molecular flexibility index (Phi) is 5.03. The number of alkyl halides is 3. The van der Waals surface area contributed by atoms with Gasteiger partial charge in [0, 0.05) is 23.6 Å². The molecule has 1 fully saturated rings. The van der Waals surface area contributed by atoms with E-state index in [9.17, 15) is 27.9 Å². The molecule has 1 atom stereocenters. The Morgan fingerprint density at radius 1 is 1.48 bits per heavy atom. The molecule has 0 saturated carbocycles. The molecule has 1 aliphatic heterocycles. The number of aromatic nitrogens is 1. The molecule has 0 radical (unpaired) electrons. The molecule has 1 aromatic rings. The smallest absolute Gasteiger partial charge is 0.422 e. The lowest BCUT2D eigenvalue weighted by atomic mass is 9.98. The van der Waals surface area contributed by atoms with Gasteiger partial charge in [-0.1, -0.05) is 0 Å². The first-order valence-corrected chi connectivity index (χ1v) is 7.67. The highest BCUT2D eigenvalue weighted by molar-refractivity contribution is 7.99. The predicted molar refractivity (Wildman–Crippen MR) is 75.6 cm³/mol. The van der Waals surface area contributed by atoms with Gasteiger partial charge in [-0.05, 0) is 18.2 Å². The van der Waals surface area contributed by atoms with Crippen LogP contribution in [0, 0.1) is 0 Å². The molecule has 6 nitrogen and oxygen atoms in total. The Bertz CT molecular complexity index is 603. The summed E-state index contributed by atoms with van der Waals surface area (Å²) in [5.74, 6) is -1.37. The van der Waals surface area contributed by atoms with Crippen LogP contribution < -0.4 is 10.1 Å². The number of carbonyl (C=O) groups is 2. The van der Waals surface area contributed by atoms with Gasteiger partial charge in [0.25, 0.3) is 5.91 Å². The minimum absolute atomic E-state index is 0.0188. The summed E-state index contributed by atoms with van der Waals surface area (Å²) in [5, 5.41) is 11.7. The maximum Gasteiger partial charge on any atom is 0.422 e. The van der Waals surface area contributed by atoms with Gasteiger partial charge in [0.15, 0.2) is 6.61 Å². The number of nitrogens with one attached hydrogen (secondary N) is 1. The van der Waals surface area contributed by atoms with E-state index >= 15 is 0 Å². The van der Waals surface area contributed by atoms with Crippen LogP contribution >= 0.6 is 11.8 Å². The van der Waals surface area contributed by atoms with E-state index in [-0.39, 0.29) is 23.6 Å². The van der Waals surface area contributed by atoms with Crippen LogP contribution in [0.25, 0.3) is 0 Å². The first-order valence-electron chi connectivity index (χ1n) is 6.51. The Morgan fingerprint density at radius 3 is 2.78 bits per heavy atom. The quantitative estimate of drug-likeness (QED) is 0.841. The second kappa shape index (κ2) is 6.65. The predicted octanol–water partition coefficient (Wildman–Crippen LogP) is 1.71. The van der Waals surface area contributed by atoms with Gasteiger partial charge in [0.05, 0.1) is 0 Å². The molecule has 2 heterocycles. The van der Waals surface area contributed by atoms with Crippen LogP contribution in [0.2, 0.25) is 0 Å². The lowest BCUT2D eigenvalue weighted by Crippen LogP contribution is -2.54. The van der Waals surface area contributed by atoms with Crippen molar-refractivity contribution in [1.29, 1.82) is 0 Å². The molecule has 126 valence electrons. The van der Waals surface area contributed by atoms with Crippen molar-refractivity contribution in [2.45, 2.75) is 18.1 Å². The zero-order valence-electron chi connectivity index (χ0n) is 11.7. The van der Waals surface area contributed by atoms with Gasteiger partial charge in [-0.25, -0.2) is 9.78 Å². The van der Waals surface area contributed by atoms with Crippen molar-refractivity contribution >= 4 is 23.6 Å². The fourth-order valence-electron chi connectivity index (χ4n) is 1.96.